The first-order valence-corrected chi connectivity index (χ1v) is 16.7. The molecule has 0 atom stereocenters. The average molecular weight is 499 g/mol. The van der Waals surface area contributed by atoms with Crippen molar-refractivity contribution >= 4 is 8.32 Å². The number of hydrogen-bond acceptors (Lipinski definition) is 1. The molecule has 0 aliphatic heterocycles. The van der Waals surface area contributed by atoms with Crippen LogP contribution in [0.25, 0.3) is 0 Å². The molecule has 0 N–H and O–H groups in total. The second-order valence-electron chi connectivity index (χ2n) is 12.0. The Hall–Kier alpha value is -1.38. The summed E-state index contributed by atoms with van der Waals surface area (Å²) in [5, 5.41) is 0.249. The van der Waals surface area contributed by atoms with E-state index in [1.54, 1.807) is 0 Å². The lowest BCUT2D eigenvalue weighted by atomic mass is 10.0. The molecule has 0 aromatic rings. The number of hydrogen-bond donors (Lipinski definition) is 0. The monoisotopic (exact) mass is 498 g/mol. The van der Waals surface area contributed by atoms with Gasteiger partial charge < -0.3 is 4.43 Å². The van der Waals surface area contributed by atoms with E-state index < -0.39 is 8.32 Å². The first-order chi connectivity index (χ1) is 16.3. The molecule has 0 amide bonds. The average Bonchev–Trinajstić information content (AvgIpc) is 2.74. The molecule has 0 aliphatic rings. The van der Waals surface area contributed by atoms with Gasteiger partial charge in [-0.25, -0.2) is 0 Å². The number of unbranched alkanes of at least 4 members (excludes halogenated alkanes) is 1. The fourth-order valence-electron chi connectivity index (χ4n) is 3.48. The highest BCUT2D eigenvalue weighted by molar-refractivity contribution is 6.74. The molecule has 0 aromatic carbocycles. The van der Waals surface area contributed by atoms with Gasteiger partial charge >= 0.3 is 0 Å². The summed E-state index contributed by atoms with van der Waals surface area (Å²) in [5.74, 6) is 0. The van der Waals surface area contributed by atoms with Crippen molar-refractivity contribution in [3.8, 4) is 0 Å². The van der Waals surface area contributed by atoms with Crippen LogP contribution in [0.5, 0.6) is 0 Å². The molecule has 1 nitrogen and oxygen atoms in total. The molecule has 0 radical (unpaired) electrons. The molecule has 2 heteroatoms. The molecular formula is C33H58OSi. The summed E-state index contributed by atoms with van der Waals surface area (Å²) in [6.45, 7) is 27.4. The van der Waals surface area contributed by atoms with E-state index in [1.807, 2.05) is 6.08 Å². The fourth-order valence-corrected chi connectivity index (χ4v) is 4.46. The third kappa shape index (κ3) is 17.7. The van der Waals surface area contributed by atoms with Gasteiger partial charge in [0.15, 0.2) is 8.32 Å². The lowest BCUT2D eigenvalue weighted by Gasteiger charge is -2.36. The topological polar surface area (TPSA) is 9.23 Å². The van der Waals surface area contributed by atoms with Crippen LogP contribution in [0.15, 0.2) is 70.9 Å². The van der Waals surface area contributed by atoms with Crippen molar-refractivity contribution in [2.45, 2.75) is 131 Å². The zero-order valence-corrected chi connectivity index (χ0v) is 26.2. The Kier molecular flexibility index (Phi) is 17.2. The van der Waals surface area contributed by atoms with Crippen LogP contribution >= 0.6 is 0 Å². The highest BCUT2D eigenvalue weighted by Gasteiger charge is 2.37. The van der Waals surface area contributed by atoms with E-state index in [0.29, 0.717) is 0 Å². The zero-order valence-electron chi connectivity index (χ0n) is 25.2. The van der Waals surface area contributed by atoms with Gasteiger partial charge in [-0.2, -0.15) is 0 Å². The van der Waals surface area contributed by atoms with Crippen molar-refractivity contribution in [1.29, 1.82) is 0 Å². The van der Waals surface area contributed by atoms with Gasteiger partial charge in [-0.1, -0.05) is 79.5 Å². The van der Waals surface area contributed by atoms with Gasteiger partial charge in [0.05, 0.1) is 6.61 Å². The van der Waals surface area contributed by atoms with Crippen LogP contribution in [0, 0.1) is 0 Å². The molecule has 0 saturated carbocycles. The smallest absolute Gasteiger partial charge is 0.192 e. The molecule has 0 spiro atoms. The molecule has 35 heavy (non-hydrogen) atoms. The molecule has 200 valence electrons. The summed E-state index contributed by atoms with van der Waals surface area (Å²) in [6, 6.07) is 0. The van der Waals surface area contributed by atoms with E-state index in [9.17, 15) is 0 Å². The van der Waals surface area contributed by atoms with Crippen molar-refractivity contribution in [1.82, 2.24) is 0 Å². The molecule has 0 bridgehead atoms. The summed E-state index contributed by atoms with van der Waals surface area (Å²) in [6.07, 6.45) is 24.1. The normalized spacial score (nSPS) is 14.3. The van der Waals surface area contributed by atoms with Crippen molar-refractivity contribution in [2.24, 2.45) is 0 Å². The highest BCUT2D eigenvalue weighted by Crippen LogP contribution is 2.36. The highest BCUT2D eigenvalue weighted by atomic mass is 28.4. The van der Waals surface area contributed by atoms with Crippen LogP contribution in [0.1, 0.15) is 113 Å². The molecule has 0 unspecified atom stereocenters. The van der Waals surface area contributed by atoms with Gasteiger partial charge in [0, 0.05) is 0 Å². The summed E-state index contributed by atoms with van der Waals surface area (Å²) in [7, 11) is -1.71. The molecule has 0 fully saturated rings. The first-order valence-electron chi connectivity index (χ1n) is 13.8. The first kappa shape index (κ1) is 33.6. The Morgan fingerprint density at radius 2 is 1.11 bits per heavy atom. The second-order valence-corrected chi connectivity index (χ2v) is 16.8. The minimum absolute atomic E-state index is 0.249. The van der Waals surface area contributed by atoms with E-state index in [-0.39, 0.29) is 5.04 Å². The Morgan fingerprint density at radius 1 is 0.686 bits per heavy atom. The SMILES string of the molecule is C=CC/C(=C\CC/C(C)=C/CC/C=C(\C)CC/C=C(\C)CCC=C(C)C)CO[Si](C)(C)C(C)(C)C. The van der Waals surface area contributed by atoms with Crippen LogP contribution in [-0.2, 0) is 4.43 Å². The maximum Gasteiger partial charge on any atom is 0.192 e. The van der Waals surface area contributed by atoms with Gasteiger partial charge in [-0.15, -0.1) is 6.58 Å². The molecule has 0 aromatic heterocycles. The Morgan fingerprint density at radius 3 is 1.54 bits per heavy atom. The van der Waals surface area contributed by atoms with Crippen LogP contribution in [0.3, 0.4) is 0 Å². The van der Waals surface area contributed by atoms with E-state index in [4.69, 9.17) is 4.43 Å². The van der Waals surface area contributed by atoms with Gasteiger partial charge in [-0.05, 0) is 116 Å². The number of allylic oxidation sites excluding steroid dienone is 10. The van der Waals surface area contributed by atoms with Crippen molar-refractivity contribution in [2.75, 3.05) is 6.61 Å². The predicted octanol–water partition coefficient (Wildman–Crippen LogP) is 11.4. The maximum absolute atomic E-state index is 6.43. The van der Waals surface area contributed by atoms with Gasteiger partial charge in [0.25, 0.3) is 0 Å². The summed E-state index contributed by atoms with van der Waals surface area (Å²) in [5.41, 5.74) is 7.32. The Balaban J connectivity index is 4.42. The minimum atomic E-state index is -1.71. The zero-order chi connectivity index (χ0) is 26.9. The van der Waals surface area contributed by atoms with Crippen molar-refractivity contribution in [3.63, 3.8) is 0 Å². The standard InChI is InChI=1S/C33H58OSi/c1-12-18-32(27-34-35(10,11)33(7,8)9)26-17-25-30(5)21-14-13-20-29(4)23-16-24-31(6)22-15-19-28(2)3/h12,19-21,24,26H,1,13-18,22-23,25,27H2,2-11H3/b29-20+,30-21+,31-24+,32-26+. The third-order valence-electron chi connectivity index (χ3n) is 7.08. The molecule has 0 rings (SSSR count). The quantitative estimate of drug-likeness (QED) is 0.110. The van der Waals surface area contributed by atoms with Crippen LogP contribution in [0.2, 0.25) is 18.1 Å². The lowest BCUT2D eigenvalue weighted by Crippen LogP contribution is -2.41. The van der Waals surface area contributed by atoms with Crippen molar-refractivity contribution in [3.05, 3.63) is 70.9 Å². The Labute approximate surface area is 221 Å². The lowest BCUT2D eigenvalue weighted by molar-refractivity contribution is 0.316. The fraction of sp³-hybridized carbons (Fsp3) is 0.636. The molecule has 0 aliphatic carbocycles. The molecule has 0 heterocycles. The van der Waals surface area contributed by atoms with E-state index in [1.165, 1.54) is 47.1 Å². The van der Waals surface area contributed by atoms with Gasteiger partial charge in [0.1, 0.15) is 0 Å². The summed E-state index contributed by atoms with van der Waals surface area (Å²) < 4.78 is 6.43. The predicted molar refractivity (Wildman–Crippen MR) is 164 cm³/mol. The molecule has 0 saturated heterocycles. The van der Waals surface area contributed by atoms with E-state index >= 15 is 0 Å². The largest absolute Gasteiger partial charge is 0.413 e. The third-order valence-corrected chi connectivity index (χ3v) is 11.6. The van der Waals surface area contributed by atoms with Crippen LogP contribution < -0.4 is 0 Å². The molecular weight excluding hydrogens is 440 g/mol. The number of rotatable bonds is 17. The minimum Gasteiger partial charge on any atom is -0.413 e. The maximum atomic E-state index is 6.43. The van der Waals surface area contributed by atoms with E-state index in [0.717, 1.165) is 45.1 Å². The van der Waals surface area contributed by atoms with Gasteiger partial charge in [-0.3, -0.25) is 0 Å². The summed E-state index contributed by atoms with van der Waals surface area (Å²) in [4.78, 5) is 0. The Bertz CT molecular complexity index is 761. The van der Waals surface area contributed by atoms with Gasteiger partial charge in [0.2, 0.25) is 0 Å². The van der Waals surface area contributed by atoms with Crippen LogP contribution in [0.4, 0.5) is 0 Å². The van der Waals surface area contributed by atoms with Crippen molar-refractivity contribution < 1.29 is 4.43 Å². The van der Waals surface area contributed by atoms with E-state index in [2.05, 4.69) is 105 Å². The summed E-state index contributed by atoms with van der Waals surface area (Å²) >= 11 is 0. The second kappa shape index (κ2) is 18.0. The van der Waals surface area contributed by atoms with Crippen LogP contribution in [-0.4, -0.2) is 14.9 Å².